The minimum atomic E-state index is -4.71. The molecule has 2 saturated heterocycles. The molecule has 15 N–H and O–H groups in total. The van der Waals surface area contributed by atoms with Crippen LogP contribution < -0.4 is 64.2 Å². The summed E-state index contributed by atoms with van der Waals surface area (Å²) in [5.41, 5.74) is 12.4. The van der Waals surface area contributed by atoms with Gasteiger partial charge in [-0.25, -0.2) is 18.7 Å². The summed E-state index contributed by atoms with van der Waals surface area (Å²) in [6.07, 6.45) is 1.39. The summed E-state index contributed by atoms with van der Waals surface area (Å²) in [6.45, 7) is -1.07. The van der Waals surface area contributed by atoms with Gasteiger partial charge in [-0.3, -0.25) is 48.4 Å². The van der Waals surface area contributed by atoms with Gasteiger partial charge in [0.25, 0.3) is 0 Å². The Hall–Kier alpha value is -7.20. The van der Waals surface area contributed by atoms with Crippen molar-refractivity contribution in [2.45, 2.75) is 116 Å². The number of hydrogen-bond donors (Lipinski definition) is 13. The lowest BCUT2D eigenvalue weighted by molar-refractivity contribution is -0.134. The molecule has 2 aromatic carbocycles. The molecule has 28 heteroatoms. The van der Waals surface area contributed by atoms with E-state index in [4.69, 9.17) is 16.2 Å². The Morgan fingerprint density at radius 3 is 2.08 bits per heavy atom. The molecule has 0 spiro atoms. The lowest BCUT2D eigenvalue weighted by Crippen LogP contribution is -2.57. The van der Waals surface area contributed by atoms with Crippen molar-refractivity contribution in [2.24, 2.45) is 11.5 Å². The van der Waals surface area contributed by atoms with Gasteiger partial charge in [0, 0.05) is 36.8 Å². The third-order valence-corrected chi connectivity index (χ3v) is 15.3. The Kier molecular flexibility index (Phi) is 23.0. The predicted molar refractivity (Wildman–Crippen MR) is 261 cm³/mol. The first kappa shape index (κ1) is 58.4. The molecule has 0 saturated carbocycles. The second-order valence-corrected chi connectivity index (χ2v) is 20.6. The van der Waals surface area contributed by atoms with Gasteiger partial charge in [0.05, 0.1) is 43.6 Å². The maximum Gasteiger partial charge on any atom is 0.315 e. The fraction of sp³-hybridized carbons (Fsp3) is 0.511. The Labute approximate surface area is 424 Å². The number of rotatable bonds is 31. The summed E-state index contributed by atoms with van der Waals surface area (Å²) in [5.74, 6) is -7.30. The molecule has 7 atom stereocenters. The van der Waals surface area contributed by atoms with E-state index in [1.165, 1.54) is 49.0 Å². The van der Waals surface area contributed by atoms with Crippen molar-refractivity contribution >= 4 is 80.8 Å². The maximum absolute atomic E-state index is 13.9. The van der Waals surface area contributed by atoms with Crippen LogP contribution in [0.1, 0.15) is 69.8 Å². The van der Waals surface area contributed by atoms with Gasteiger partial charge in [0.1, 0.15) is 29.6 Å². The summed E-state index contributed by atoms with van der Waals surface area (Å²) >= 11 is 1.81. The van der Waals surface area contributed by atoms with Crippen LogP contribution in [-0.2, 0) is 59.4 Å². The molecule has 26 nitrogen and oxygen atoms in total. The first-order valence-corrected chi connectivity index (χ1v) is 25.9. The highest BCUT2D eigenvalue weighted by molar-refractivity contribution is 8.00. The highest BCUT2D eigenvalue weighted by Gasteiger charge is 2.43. The number of sulfone groups is 1. The first-order chi connectivity index (χ1) is 34.7. The van der Waals surface area contributed by atoms with Crippen LogP contribution in [0.25, 0.3) is 0 Å². The number of amides is 11. The molecule has 2 fully saturated rings. The Morgan fingerprint density at radius 2 is 1.42 bits per heavy atom. The number of aromatic hydroxyl groups is 1. The van der Waals surface area contributed by atoms with Crippen LogP contribution in [0, 0.1) is 0 Å². The number of methoxy groups -OCH3 is 1. The molecular formula is C45H63N11O15S2. The van der Waals surface area contributed by atoms with Crippen LogP contribution >= 0.6 is 11.8 Å². The van der Waals surface area contributed by atoms with E-state index in [2.05, 4.69) is 42.5 Å². The third-order valence-electron chi connectivity index (χ3n) is 11.7. The van der Waals surface area contributed by atoms with Gasteiger partial charge in [-0.15, -0.1) is 0 Å². The van der Waals surface area contributed by atoms with E-state index in [0.717, 1.165) is 30.7 Å². The number of urea groups is 1. The quantitative estimate of drug-likeness (QED) is 0.0156. The molecule has 2 aromatic rings. The SMILES string of the molecule is COc1ccc(S(=O)(=O)C(CC(=O)NO)C(=O)N[C@@H](Cc2ccc(O)cc2)C(=O)N[C@@H](CCC(N)=O)C(=O)NCC(=O)NCC(=O)N[C@@H](CCCCNC(=O)CCCC[C@@H]2SC[C@@H]3NC(=O)N[C@@H]32)C(N)=O)cc1. The molecule has 2 heterocycles. The maximum atomic E-state index is 13.9. The molecule has 11 amide bonds. The molecule has 73 heavy (non-hydrogen) atoms. The number of nitrogens with two attached hydrogens (primary N) is 2. The van der Waals surface area contributed by atoms with Gasteiger partial charge < -0.3 is 63.8 Å². The topological polar surface area (TPSA) is 415 Å². The van der Waals surface area contributed by atoms with Crippen LogP contribution in [0.2, 0.25) is 0 Å². The number of carbonyl (C=O) groups excluding carboxylic acids is 10. The predicted octanol–water partition coefficient (Wildman–Crippen LogP) is -2.87. The molecule has 1 unspecified atom stereocenters. The van der Waals surface area contributed by atoms with Gasteiger partial charge in [-0.05, 0) is 80.5 Å². The Bertz CT molecular complexity index is 2410. The van der Waals surface area contributed by atoms with Crippen LogP contribution in [-0.4, -0.2) is 151 Å². The van der Waals surface area contributed by atoms with Gasteiger partial charge in [-0.1, -0.05) is 18.6 Å². The highest BCUT2D eigenvalue weighted by atomic mass is 32.2. The molecular weight excluding hydrogens is 999 g/mol. The minimum Gasteiger partial charge on any atom is -0.508 e. The van der Waals surface area contributed by atoms with Gasteiger partial charge >= 0.3 is 6.03 Å². The third kappa shape index (κ3) is 19.1. The molecule has 0 aliphatic carbocycles. The second-order valence-electron chi connectivity index (χ2n) is 17.2. The fourth-order valence-corrected chi connectivity index (χ4v) is 10.9. The number of benzene rings is 2. The van der Waals surface area contributed by atoms with Crippen molar-refractivity contribution in [2.75, 3.05) is 32.5 Å². The number of hydrogen-bond acceptors (Lipinski definition) is 16. The van der Waals surface area contributed by atoms with E-state index in [1.807, 2.05) is 11.8 Å². The number of fused-ring (bicyclic) bond motifs is 1. The second kappa shape index (κ2) is 28.7. The molecule has 400 valence electrons. The lowest BCUT2D eigenvalue weighted by Gasteiger charge is -2.25. The largest absolute Gasteiger partial charge is 0.508 e. The average molecular weight is 1060 g/mol. The zero-order chi connectivity index (χ0) is 53.7. The summed E-state index contributed by atoms with van der Waals surface area (Å²) in [6, 6.07) is 5.81. The number of unbranched alkanes of at least 4 members (excludes halogenated alkanes) is 2. The Balaban J connectivity index is 1.27. The van der Waals surface area contributed by atoms with Gasteiger partial charge in [0.15, 0.2) is 15.1 Å². The molecule has 0 radical (unpaired) electrons. The summed E-state index contributed by atoms with van der Waals surface area (Å²) in [5, 5.41) is 37.4. The smallest absolute Gasteiger partial charge is 0.315 e. The first-order valence-electron chi connectivity index (χ1n) is 23.3. The number of hydroxylamine groups is 1. The molecule has 0 aromatic heterocycles. The standard InChI is InChI=1S/C45H63N11O15S2/c1-71-27-13-15-28(16-14-27)73(69,70)34(21-37(60)56-68)44(66)53-31(20-25-9-11-26(57)12-10-25)43(65)52-30(17-18-35(46)58)42(64)50-22-38(61)49-23-39(62)51-29(41(47)63)6-4-5-19-48-36(59)8-3-2-7-33-40-32(24-72-33)54-45(67)55-40/h9-16,29-34,40,57,68H,2-8,17-24H2,1H3,(H2,46,58)(H2,47,63)(H,48,59)(H,49,61)(H,50,64)(H,51,62)(H,52,65)(H,53,66)(H,56,60)(H2,54,55,67)/t29-,30-,31-,32-,33-,34?,40-/m0/s1. The van der Waals surface area contributed by atoms with Crippen LogP contribution in [0.4, 0.5) is 4.79 Å². The van der Waals surface area contributed by atoms with E-state index < -0.39 is 118 Å². The van der Waals surface area contributed by atoms with Gasteiger partial charge in [0.2, 0.25) is 53.2 Å². The number of primary amides is 2. The number of phenolic OH excluding ortho intramolecular Hbond substituents is 1. The monoisotopic (exact) mass is 1060 g/mol. The number of nitrogens with one attached hydrogen (secondary N) is 9. The summed E-state index contributed by atoms with van der Waals surface area (Å²) < 4.78 is 32.5. The van der Waals surface area contributed by atoms with E-state index in [9.17, 15) is 66.7 Å². The summed E-state index contributed by atoms with van der Waals surface area (Å²) in [4.78, 5) is 126. The van der Waals surface area contributed by atoms with Crippen molar-refractivity contribution in [3.05, 3.63) is 54.1 Å². The Morgan fingerprint density at radius 1 is 0.740 bits per heavy atom. The van der Waals surface area contributed by atoms with Crippen molar-refractivity contribution in [1.29, 1.82) is 0 Å². The zero-order valence-electron chi connectivity index (χ0n) is 39.9. The zero-order valence-corrected chi connectivity index (χ0v) is 41.6. The highest BCUT2D eigenvalue weighted by Crippen LogP contribution is 2.33. The number of ether oxygens (including phenoxy) is 1. The van der Waals surface area contributed by atoms with Crippen molar-refractivity contribution < 1.29 is 71.4 Å². The van der Waals surface area contributed by atoms with E-state index >= 15 is 0 Å². The molecule has 0 bridgehead atoms. The van der Waals surface area contributed by atoms with E-state index in [-0.39, 0.29) is 48.4 Å². The number of phenols is 1. The van der Waals surface area contributed by atoms with E-state index in [1.54, 1.807) is 0 Å². The van der Waals surface area contributed by atoms with Crippen molar-refractivity contribution in [1.82, 2.24) is 48.0 Å². The fourth-order valence-electron chi connectivity index (χ4n) is 7.78. The van der Waals surface area contributed by atoms with Gasteiger partial charge in [-0.2, -0.15) is 11.8 Å². The summed E-state index contributed by atoms with van der Waals surface area (Å²) in [7, 11) is -3.37. The van der Waals surface area contributed by atoms with Crippen LogP contribution in [0.3, 0.4) is 0 Å². The molecule has 4 rings (SSSR count). The van der Waals surface area contributed by atoms with Crippen molar-refractivity contribution in [3.8, 4) is 11.5 Å². The number of thioether (sulfide) groups is 1. The van der Waals surface area contributed by atoms with Crippen LogP contribution in [0.15, 0.2) is 53.4 Å². The number of carbonyl (C=O) groups is 10. The molecule has 2 aliphatic heterocycles. The lowest BCUT2D eigenvalue weighted by atomic mass is 10.0. The minimum absolute atomic E-state index is 0.107. The van der Waals surface area contributed by atoms with E-state index in [0.29, 0.717) is 43.0 Å². The normalized spacial score (nSPS) is 17.4. The molecule has 2 aliphatic rings. The average Bonchev–Trinajstić information content (AvgIpc) is 3.92. The van der Waals surface area contributed by atoms with Crippen LogP contribution in [0.5, 0.6) is 11.5 Å². The van der Waals surface area contributed by atoms with Crippen molar-refractivity contribution in [3.63, 3.8) is 0 Å².